The lowest BCUT2D eigenvalue weighted by atomic mass is 10.3. The van der Waals surface area contributed by atoms with E-state index in [-0.39, 0.29) is 17.2 Å². The van der Waals surface area contributed by atoms with E-state index in [0.717, 1.165) is 0 Å². The summed E-state index contributed by atoms with van der Waals surface area (Å²) in [5, 5.41) is 12.0. The summed E-state index contributed by atoms with van der Waals surface area (Å²) in [6, 6.07) is 3.06. The number of carbonyl (C=O) groups excluding carboxylic acids is 1. The summed E-state index contributed by atoms with van der Waals surface area (Å²) in [5.74, 6) is -0.780. The van der Waals surface area contributed by atoms with E-state index in [9.17, 15) is 9.59 Å². The van der Waals surface area contributed by atoms with Crippen LogP contribution in [0.3, 0.4) is 0 Å². The molecule has 1 heterocycles. The number of carbonyl (C=O) groups is 2. The molecule has 0 fully saturated rings. The molecule has 0 saturated carbocycles. The van der Waals surface area contributed by atoms with Crippen molar-refractivity contribution < 1.29 is 14.7 Å². The SMILES string of the molecule is CCNC(=O)CSc1ccc(C(=O)O)cn1. The minimum atomic E-state index is -1.01. The molecule has 0 aromatic carbocycles. The number of carboxylic acid groups (broad SMARTS) is 1. The van der Waals surface area contributed by atoms with Crippen LogP contribution in [0.15, 0.2) is 23.4 Å². The number of aromatic carboxylic acids is 1. The number of hydrogen-bond acceptors (Lipinski definition) is 4. The van der Waals surface area contributed by atoms with Gasteiger partial charge in [-0.1, -0.05) is 11.8 Å². The molecule has 1 aromatic rings. The first-order chi connectivity index (χ1) is 7.63. The molecule has 16 heavy (non-hydrogen) atoms. The summed E-state index contributed by atoms with van der Waals surface area (Å²) < 4.78 is 0. The van der Waals surface area contributed by atoms with Gasteiger partial charge in [-0.3, -0.25) is 4.79 Å². The third kappa shape index (κ3) is 3.90. The number of nitrogens with zero attached hydrogens (tertiary/aromatic N) is 1. The number of thioether (sulfide) groups is 1. The van der Waals surface area contributed by atoms with Gasteiger partial charge in [0.05, 0.1) is 16.3 Å². The molecule has 0 saturated heterocycles. The molecule has 5 nitrogen and oxygen atoms in total. The Morgan fingerprint density at radius 1 is 1.50 bits per heavy atom. The van der Waals surface area contributed by atoms with Gasteiger partial charge in [0.15, 0.2) is 0 Å². The molecule has 1 aromatic heterocycles. The Bertz CT molecular complexity index is 378. The quantitative estimate of drug-likeness (QED) is 0.751. The zero-order valence-corrected chi connectivity index (χ0v) is 9.58. The zero-order chi connectivity index (χ0) is 12.0. The van der Waals surface area contributed by atoms with E-state index in [0.29, 0.717) is 11.6 Å². The van der Waals surface area contributed by atoms with Crippen molar-refractivity contribution in [1.82, 2.24) is 10.3 Å². The van der Waals surface area contributed by atoms with E-state index in [2.05, 4.69) is 10.3 Å². The van der Waals surface area contributed by atoms with Crippen LogP contribution in [-0.4, -0.2) is 34.3 Å². The molecule has 0 aliphatic heterocycles. The van der Waals surface area contributed by atoms with Crippen LogP contribution < -0.4 is 5.32 Å². The first-order valence-corrected chi connectivity index (χ1v) is 5.71. The molecule has 0 unspecified atom stereocenters. The third-order valence-corrected chi connectivity index (χ3v) is 2.65. The smallest absolute Gasteiger partial charge is 0.337 e. The highest BCUT2D eigenvalue weighted by Crippen LogP contribution is 2.14. The number of rotatable bonds is 5. The Kier molecular flexibility index (Phi) is 4.78. The second-order valence-electron chi connectivity index (χ2n) is 2.93. The Balaban J connectivity index is 2.49. The van der Waals surface area contributed by atoms with E-state index in [1.165, 1.54) is 24.0 Å². The number of hydrogen-bond donors (Lipinski definition) is 2. The predicted molar refractivity (Wildman–Crippen MR) is 60.6 cm³/mol. The Hall–Kier alpha value is -1.56. The second-order valence-corrected chi connectivity index (χ2v) is 3.93. The third-order valence-electron chi connectivity index (χ3n) is 1.71. The molecule has 1 amide bonds. The monoisotopic (exact) mass is 240 g/mol. The summed E-state index contributed by atoms with van der Waals surface area (Å²) in [6.07, 6.45) is 1.28. The van der Waals surface area contributed by atoms with Crippen molar-refractivity contribution >= 4 is 23.6 Å². The van der Waals surface area contributed by atoms with Gasteiger partial charge in [-0.05, 0) is 19.1 Å². The van der Waals surface area contributed by atoms with Gasteiger partial charge in [0.2, 0.25) is 5.91 Å². The Labute approximate surface area is 97.3 Å². The van der Waals surface area contributed by atoms with Crippen LogP contribution in [-0.2, 0) is 4.79 Å². The molecule has 6 heteroatoms. The normalized spacial score (nSPS) is 9.81. The van der Waals surface area contributed by atoms with Crippen LogP contribution in [0.2, 0.25) is 0 Å². The van der Waals surface area contributed by atoms with Gasteiger partial charge in [0, 0.05) is 12.7 Å². The number of aromatic nitrogens is 1. The molecular weight excluding hydrogens is 228 g/mol. The fourth-order valence-electron chi connectivity index (χ4n) is 0.980. The number of carboxylic acids is 1. The minimum absolute atomic E-state index is 0.0587. The van der Waals surface area contributed by atoms with Crippen LogP contribution in [0.25, 0.3) is 0 Å². The average molecular weight is 240 g/mol. The largest absolute Gasteiger partial charge is 0.478 e. The highest BCUT2D eigenvalue weighted by atomic mass is 32.2. The lowest BCUT2D eigenvalue weighted by Crippen LogP contribution is -2.24. The molecular formula is C10H12N2O3S. The summed E-state index contributed by atoms with van der Waals surface area (Å²) in [7, 11) is 0. The maximum Gasteiger partial charge on any atom is 0.337 e. The molecule has 0 spiro atoms. The van der Waals surface area contributed by atoms with Crippen molar-refractivity contribution in [2.45, 2.75) is 11.9 Å². The molecule has 0 atom stereocenters. The van der Waals surface area contributed by atoms with Gasteiger partial charge >= 0.3 is 5.97 Å². The first-order valence-electron chi connectivity index (χ1n) is 4.72. The summed E-state index contributed by atoms with van der Waals surface area (Å²) >= 11 is 1.27. The van der Waals surface area contributed by atoms with E-state index in [1.54, 1.807) is 6.07 Å². The van der Waals surface area contributed by atoms with Gasteiger partial charge in [0.25, 0.3) is 0 Å². The van der Waals surface area contributed by atoms with Crippen molar-refractivity contribution in [2.24, 2.45) is 0 Å². The molecule has 86 valence electrons. The molecule has 0 aliphatic rings. The van der Waals surface area contributed by atoms with E-state index in [1.807, 2.05) is 6.92 Å². The summed E-state index contributed by atoms with van der Waals surface area (Å²) in [4.78, 5) is 25.6. The highest BCUT2D eigenvalue weighted by Gasteiger charge is 2.05. The van der Waals surface area contributed by atoms with Crippen LogP contribution in [0, 0.1) is 0 Å². The summed E-state index contributed by atoms with van der Waals surface area (Å²) in [5.41, 5.74) is 0.141. The van der Waals surface area contributed by atoms with Crippen molar-refractivity contribution in [2.75, 3.05) is 12.3 Å². The van der Waals surface area contributed by atoms with Gasteiger partial charge in [-0.2, -0.15) is 0 Å². The van der Waals surface area contributed by atoms with E-state index < -0.39 is 5.97 Å². The standard InChI is InChI=1S/C10H12N2O3S/c1-2-11-8(13)6-16-9-4-3-7(5-12-9)10(14)15/h3-5H,2,6H2,1H3,(H,11,13)(H,14,15). The maximum absolute atomic E-state index is 11.1. The van der Waals surface area contributed by atoms with E-state index in [4.69, 9.17) is 5.11 Å². The van der Waals surface area contributed by atoms with Gasteiger partial charge in [-0.25, -0.2) is 9.78 Å². The zero-order valence-electron chi connectivity index (χ0n) is 8.77. The molecule has 1 rings (SSSR count). The topological polar surface area (TPSA) is 79.3 Å². The fourth-order valence-corrected chi connectivity index (χ4v) is 1.65. The van der Waals surface area contributed by atoms with Crippen LogP contribution in [0.5, 0.6) is 0 Å². The van der Waals surface area contributed by atoms with E-state index >= 15 is 0 Å². The van der Waals surface area contributed by atoms with Gasteiger partial charge in [0.1, 0.15) is 0 Å². The highest BCUT2D eigenvalue weighted by molar-refractivity contribution is 7.99. The molecule has 0 bridgehead atoms. The minimum Gasteiger partial charge on any atom is -0.478 e. The van der Waals surface area contributed by atoms with Crippen LogP contribution >= 0.6 is 11.8 Å². The van der Waals surface area contributed by atoms with Crippen LogP contribution in [0.1, 0.15) is 17.3 Å². The Morgan fingerprint density at radius 2 is 2.25 bits per heavy atom. The van der Waals surface area contributed by atoms with Crippen molar-refractivity contribution in [3.8, 4) is 0 Å². The summed E-state index contributed by atoms with van der Waals surface area (Å²) in [6.45, 7) is 2.45. The number of nitrogens with one attached hydrogen (secondary N) is 1. The molecule has 0 radical (unpaired) electrons. The second kappa shape index (κ2) is 6.12. The lowest BCUT2D eigenvalue weighted by molar-refractivity contribution is -0.118. The predicted octanol–water partition coefficient (Wildman–Crippen LogP) is 1.01. The molecule has 0 aliphatic carbocycles. The van der Waals surface area contributed by atoms with Gasteiger partial charge < -0.3 is 10.4 Å². The number of amides is 1. The number of pyridine rings is 1. The average Bonchev–Trinajstić information content (AvgIpc) is 2.27. The van der Waals surface area contributed by atoms with Crippen molar-refractivity contribution in [3.63, 3.8) is 0 Å². The van der Waals surface area contributed by atoms with Gasteiger partial charge in [-0.15, -0.1) is 0 Å². The van der Waals surface area contributed by atoms with Crippen molar-refractivity contribution in [1.29, 1.82) is 0 Å². The van der Waals surface area contributed by atoms with Crippen molar-refractivity contribution in [3.05, 3.63) is 23.9 Å². The van der Waals surface area contributed by atoms with Crippen LogP contribution in [0.4, 0.5) is 0 Å². The maximum atomic E-state index is 11.1. The molecule has 2 N–H and O–H groups in total. The Morgan fingerprint density at radius 3 is 2.75 bits per heavy atom. The first kappa shape index (κ1) is 12.5. The fraction of sp³-hybridized carbons (Fsp3) is 0.300. The lowest BCUT2D eigenvalue weighted by Gasteiger charge is -2.01.